The Bertz CT molecular complexity index is 434. The topological polar surface area (TPSA) is 29.1 Å². The van der Waals surface area contributed by atoms with Gasteiger partial charge in [0.25, 0.3) is 0 Å². The second kappa shape index (κ2) is 5.58. The number of hydrogen-bond acceptors (Lipinski definition) is 1. The molecule has 16 heavy (non-hydrogen) atoms. The number of amides is 1. The first kappa shape index (κ1) is 12.6. The highest BCUT2D eigenvalue weighted by Gasteiger charge is 2.13. The molecule has 0 aromatic heterocycles. The molecule has 2 nitrogen and oxygen atoms in total. The Hall–Kier alpha value is -1.46. The van der Waals surface area contributed by atoms with Gasteiger partial charge >= 0.3 is 0 Å². The summed E-state index contributed by atoms with van der Waals surface area (Å²) in [5.41, 5.74) is 3.17. The van der Waals surface area contributed by atoms with Gasteiger partial charge in [-0.15, -0.1) is 18.0 Å². The van der Waals surface area contributed by atoms with Crippen molar-refractivity contribution in [1.82, 2.24) is 5.32 Å². The third kappa shape index (κ3) is 3.01. The van der Waals surface area contributed by atoms with E-state index in [0.717, 1.165) is 11.1 Å². The standard InChI is InChI=1S/C13H14ClNO/c1-4-12(15-13(16)8-14)11-6-5-9(2)7-10(11)3/h1,5-7,12H,8H2,2-3H3,(H,15,16)/t12-/m0/s1. The first-order chi connectivity index (χ1) is 7.58. The fourth-order valence-electron chi connectivity index (χ4n) is 1.56. The number of nitrogens with one attached hydrogen (secondary N) is 1. The molecule has 0 bridgehead atoms. The minimum atomic E-state index is -0.410. The van der Waals surface area contributed by atoms with E-state index < -0.39 is 6.04 Å². The van der Waals surface area contributed by atoms with Crippen LogP contribution >= 0.6 is 11.6 Å². The molecular weight excluding hydrogens is 222 g/mol. The molecule has 1 aromatic rings. The van der Waals surface area contributed by atoms with Crippen LogP contribution in [0.2, 0.25) is 0 Å². The Morgan fingerprint density at radius 1 is 1.56 bits per heavy atom. The SMILES string of the molecule is C#C[C@H](NC(=O)CCl)c1ccc(C)cc1C. The summed E-state index contributed by atoms with van der Waals surface area (Å²) in [5.74, 6) is 2.21. The maximum absolute atomic E-state index is 11.2. The van der Waals surface area contributed by atoms with E-state index in [2.05, 4.69) is 11.2 Å². The molecule has 0 aliphatic rings. The Balaban J connectivity index is 2.96. The van der Waals surface area contributed by atoms with Crippen molar-refractivity contribution in [3.8, 4) is 12.3 Å². The Morgan fingerprint density at radius 2 is 2.25 bits per heavy atom. The molecule has 0 fully saturated rings. The van der Waals surface area contributed by atoms with Crippen molar-refractivity contribution in [1.29, 1.82) is 0 Å². The highest BCUT2D eigenvalue weighted by atomic mass is 35.5. The van der Waals surface area contributed by atoms with E-state index in [9.17, 15) is 4.79 Å². The maximum atomic E-state index is 11.2. The molecule has 3 heteroatoms. The zero-order valence-corrected chi connectivity index (χ0v) is 10.1. The second-order valence-corrected chi connectivity index (χ2v) is 3.93. The van der Waals surface area contributed by atoms with Crippen LogP contribution in [0.15, 0.2) is 18.2 Å². The lowest BCUT2D eigenvalue weighted by atomic mass is 9.99. The molecule has 84 valence electrons. The number of carbonyl (C=O) groups is 1. The summed E-state index contributed by atoms with van der Waals surface area (Å²) in [4.78, 5) is 11.2. The van der Waals surface area contributed by atoms with E-state index in [1.54, 1.807) is 0 Å². The summed E-state index contributed by atoms with van der Waals surface area (Å²) in [7, 11) is 0. The first-order valence-electron chi connectivity index (χ1n) is 4.97. The van der Waals surface area contributed by atoms with Crippen molar-refractivity contribution in [2.45, 2.75) is 19.9 Å². The van der Waals surface area contributed by atoms with Gasteiger partial charge in [0, 0.05) is 0 Å². The van der Waals surface area contributed by atoms with Gasteiger partial charge in [0.2, 0.25) is 5.91 Å². The summed E-state index contributed by atoms with van der Waals surface area (Å²) >= 11 is 5.42. The molecular formula is C13H14ClNO. The van der Waals surface area contributed by atoms with Crippen molar-refractivity contribution in [2.75, 3.05) is 5.88 Å². The van der Waals surface area contributed by atoms with Gasteiger partial charge in [0.15, 0.2) is 0 Å². The normalized spacial score (nSPS) is 11.6. The molecule has 0 aliphatic heterocycles. The Kier molecular flexibility index (Phi) is 4.39. The van der Waals surface area contributed by atoms with Crippen LogP contribution in [0, 0.1) is 26.2 Å². The molecule has 1 N–H and O–H groups in total. The molecule has 0 radical (unpaired) electrons. The fraction of sp³-hybridized carbons (Fsp3) is 0.308. The van der Waals surface area contributed by atoms with E-state index in [-0.39, 0.29) is 11.8 Å². The molecule has 0 heterocycles. The van der Waals surface area contributed by atoms with Crippen LogP contribution in [0.5, 0.6) is 0 Å². The van der Waals surface area contributed by atoms with Crippen molar-refractivity contribution in [2.24, 2.45) is 0 Å². The summed E-state index contributed by atoms with van der Waals surface area (Å²) < 4.78 is 0. The second-order valence-electron chi connectivity index (χ2n) is 3.66. The van der Waals surface area contributed by atoms with Gasteiger partial charge in [-0.3, -0.25) is 4.79 Å². The molecule has 1 atom stereocenters. The lowest BCUT2D eigenvalue weighted by molar-refractivity contribution is -0.119. The third-order valence-electron chi connectivity index (χ3n) is 2.33. The maximum Gasteiger partial charge on any atom is 0.236 e. The summed E-state index contributed by atoms with van der Waals surface area (Å²) in [5, 5.41) is 2.69. The molecule has 0 saturated carbocycles. The lowest BCUT2D eigenvalue weighted by Crippen LogP contribution is -2.28. The van der Waals surface area contributed by atoms with Crippen molar-refractivity contribution in [3.05, 3.63) is 34.9 Å². The van der Waals surface area contributed by atoms with E-state index in [1.807, 2.05) is 32.0 Å². The van der Waals surface area contributed by atoms with Crippen LogP contribution in [0.3, 0.4) is 0 Å². The Morgan fingerprint density at radius 3 is 2.75 bits per heavy atom. The van der Waals surface area contributed by atoms with E-state index in [0.29, 0.717) is 0 Å². The minimum Gasteiger partial charge on any atom is -0.337 e. The van der Waals surface area contributed by atoms with Crippen LogP contribution < -0.4 is 5.32 Å². The fourth-order valence-corrected chi connectivity index (χ4v) is 1.64. The van der Waals surface area contributed by atoms with Crippen LogP contribution in [0.1, 0.15) is 22.7 Å². The van der Waals surface area contributed by atoms with Gasteiger partial charge in [-0.2, -0.15) is 0 Å². The summed E-state index contributed by atoms with van der Waals surface area (Å²) in [6.45, 7) is 3.98. The van der Waals surface area contributed by atoms with E-state index in [1.165, 1.54) is 5.56 Å². The Labute approximate surface area is 101 Å². The number of alkyl halides is 1. The smallest absolute Gasteiger partial charge is 0.236 e. The van der Waals surface area contributed by atoms with Crippen LogP contribution in [-0.4, -0.2) is 11.8 Å². The number of carbonyl (C=O) groups excluding carboxylic acids is 1. The van der Waals surface area contributed by atoms with Crippen molar-refractivity contribution >= 4 is 17.5 Å². The van der Waals surface area contributed by atoms with Crippen LogP contribution in [-0.2, 0) is 4.79 Å². The number of hydrogen-bond donors (Lipinski definition) is 1. The molecule has 0 spiro atoms. The first-order valence-corrected chi connectivity index (χ1v) is 5.50. The van der Waals surface area contributed by atoms with Crippen LogP contribution in [0.4, 0.5) is 0 Å². The molecule has 0 saturated heterocycles. The highest BCUT2D eigenvalue weighted by molar-refractivity contribution is 6.27. The number of rotatable bonds is 3. The van der Waals surface area contributed by atoms with E-state index in [4.69, 9.17) is 18.0 Å². The van der Waals surface area contributed by atoms with Crippen molar-refractivity contribution < 1.29 is 4.79 Å². The quantitative estimate of drug-likeness (QED) is 0.632. The highest BCUT2D eigenvalue weighted by Crippen LogP contribution is 2.18. The zero-order chi connectivity index (χ0) is 12.1. The van der Waals surface area contributed by atoms with Gasteiger partial charge in [-0.05, 0) is 25.0 Å². The number of aryl methyl sites for hydroxylation is 2. The van der Waals surface area contributed by atoms with Crippen molar-refractivity contribution in [3.63, 3.8) is 0 Å². The largest absolute Gasteiger partial charge is 0.337 e. The monoisotopic (exact) mass is 235 g/mol. The molecule has 0 unspecified atom stereocenters. The predicted molar refractivity (Wildman–Crippen MR) is 66.4 cm³/mol. The van der Waals surface area contributed by atoms with Gasteiger partial charge in [-0.25, -0.2) is 0 Å². The molecule has 1 amide bonds. The van der Waals surface area contributed by atoms with E-state index >= 15 is 0 Å². The summed E-state index contributed by atoms with van der Waals surface area (Å²) in [6.07, 6.45) is 5.41. The molecule has 1 aromatic carbocycles. The van der Waals surface area contributed by atoms with Gasteiger partial charge in [0.05, 0.1) is 0 Å². The number of benzene rings is 1. The zero-order valence-electron chi connectivity index (χ0n) is 9.38. The van der Waals surface area contributed by atoms with Crippen LogP contribution in [0.25, 0.3) is 0 Å². The minimum absolute atomic E-state index is 0.0803. The third-order valence-corrected chi connectivity index (χ3v) is 2.57. The summed E-state index contributed by atoms with van der Waals surface area (Å²) in [6, 6.07) is 5.53. The lowest BCUT2D eigenvalue weighted by Gasteiger charge is -2.15. The average Bonchev–Trinajstić information content (AvgIpc) is 2.26. The average molecular weight is 236 g/mol. The van der Waals surface area contributed by atoms with Gasteiger partial charge in [0.1, 0.15) is 11.9 Å². The number of halogens is 1. The van der Waals surface area contributed by atoms with Gasteiger partial charge in [-0.1, -0.05) is 29.7 Å². The molecule has 0 aliphatic carbocycles. The molecule has 1 rings (SSSR count). The number of terminal acetylenes is 1. The predicted octanol–water partition coefficient (Wildman–Crippen LogP) is 2.33. The van der Waals surface area contributed by atoms with Gasteiger partial charge < -0.3 is 5.32 Å².